The molecule has 1 aromatic heterocycles. The molecule has 0 spiro atoms. The van der Waals surface area contributed by atoms with Crippen molar-refractivity contribution in [1.82, 2.24) is 10.5 Å². The summed E-state index contributed by atoms with van der Waals surface area (Å²) in [5.74, 6) is 2.33. The van der Waals surface area contributed by atoms with Gasteiger partial charge in [0.2, 0.25) is 0 Å². The molecule has 1 atom stereocenters. The van der Waals surface area contributed by atoms with Crippen LogP contribution >= 0.6 is 0 Å². The van der Waals surface area contributed by atoms with E-state index in [1.165, 1.54) is 0 Å². The van der Waals surface area contributed by atoms with Gasteiger partial charge >= 0.3 is 0 Å². The molecule has 1 N–H and O–H groups in total. The highest BCUT2D eigenvalue weighted by Crippen LogP contribution is 2.30. The summed E-state index contributed by atoms with van der Waals surface area (Å²) in [6.07, 6.45) is 0. The third kappa shape index (κ3) is 3.36. The van der Waals surface area contributed by atoms with E-state index in [4.69, 9.17) is 14.0 Å². The lowest BCUT2D eigenvalue weighted by molar-refractivity contribution is 0.354. The predicted molar refractivity (Wildman–Crippen MR) is 80.8 cm³/mol. The molecule has 2 aromatic rings. The maximum Gasteiger partial charge on any atom is 0.161 e. The molecule has 0 fully saturated rings. The molecule has 0 amide bonds. The van der Waals surface area contributed by atoms with Crippen LogP contribution in [0, 0.1) is 13.8 Å². The Bertz CT molecular complexity index is 588. The van der Waals surface area contributed by atoms with Gasteiger partial charge in [0, 0.05) is 18.2 Å². The number of aromatic nitrogens is 1. The summed E-state index contributed by atoms with van der Waals surface area (Å²) in [5, 5.41) is 7.44. The van der Waals surface area contributed by atoms with Crippen LogP contribution in [-0.4, -0.2) is 19.4 Å². The average Bonchev–Trinajstić information content (AvgIpc) is 2.82. The van der Waals surface area contributed by atoms with Crippen LogP contribution < -0.4 is 14.8 Å². The Morgan fingerprint density at radius 3 is 2.48 bits per heavy atom. The van der Waals surface area contributed by atoms with E-state index in [1.807, 2.05) is 32.0 Å². The second kappa shape index (κ2) is 6.63. The van der Waals surface area contributed by atoms with Gasteiger partial charge in [-0.05, 0) is 38.5 Å². The number of ether oxygens (including phenoxy) is 2. The maximum absolute atomic E-state index is 5.34. The van der Waals surface area contributed by atoms with Gasteiger partial charge in [0.05, 0.1) is 19.9 Å². The molecule has 0 saturated heterocycles. The Morgan fingerprint density at radius 1 is 1.19 bits per heavy atom. The molecule has 1 aromatic carbocycles. The number of methoxy groups -OCH3 is 2. The summed E-state index contributed by atoms with van der Waals surface area (Å²) in [6.45, 7) is 6.71. The van der Waals surface area contributed by atoms with E-state index >= 15 is 0 Å². The Morgan fingerprint density at radius 2 is 1.90 bits per heavy atom. The van der Waals surface area contributed by atoms with Crippen molar-refractivity contribution in [2.45, 2.75) is 33.4 Å². The number of aryl methyl sites for hydroxylation is 2. The highest BCUT2D eigenvalue weighted by atomic mass is 16.5. The number of benzene rings is 1. The zero-order valence-electron chi connectivity index (χ0n) is 13.2. The molecule has 0 aliphatic heterocycles. The molecule has 114 valence electrons. The van der Waals surface area contributed by atoms with Gasteiger partial charge in [-0.3, -0.25) is 0 Å². The number of rotatable bonds is 6. The Hall–Kier alpha value is -2.01. The molecule has 0 aliphatic rings. The summed E-state index contributed by atoms with van der Waals surface area (Å²) >= 11 is 0. The van der Waals surface area contributed by atoms with Crippen molar-refractivity contribution in [3.63, 3.8) is 0 Å². The van der Waals surface area contributed by atoms with Crippen LogP contribution in [0.2, 0.25) is 0 Å². The summed E-state index contributed by atoms with van der Waals surface area (Å²) in [7, 11) is 3.28. The quantitative estimate of drug-likeness (QED) is 0.885. The topological polar surface area (TPSA) is 56.5 Å². The summed E-state index contributed by atoms with van der Waals surface area (Å²) < 4.78 is 15.8. The normalized spacial score (nSPS) is 12.2. The van der Waals surface area contributed by atoms with E-state index in [1.54, 1.807) is 14.2 Å². The first kappa shape index (κ1) is 15.4. The number of nitrogens with zero attached hydrogens (tertiary/aromatic N) is 1. The highest BCUT2D eigenvalue weighted by molar-refractivity contribution is 5.43. The van der Waals surface area contributed by atoms with Gasteiger partial charge in [-0.25, -0.2) is 0 Å². The largest absolute Gasteiger partial charge is 0.493 e. The first-order chi connectivity index (χ1) is 10.1. The maximum atomic E-state index is 5.34. The van der Waals surface area contributed by atoms with Crippen molar-refractivity contribution in [3.05, 3.63) is 40.8 Å². The van der Waals surface area contributed by atoms with Gasteiger partial charge in [-0.1, -0.05) is 11.2 Å². The molecule has 0 aliphatic carbocycles. The minimum Gasteiger partial charge on any atom is -0.493 e. The highest BCUT2D eigenvalue weighted by Gasteiger charge is 2.13. The Labute approximate surface area is 125 Å². The molecule has 1 heterocycles. The standard InChI is InChI=1S/C16H22N2O3/c1-10(17-9-14-11(2)18-21-12(14)3)13-6-7-15(19-4)16(8-13)20-5/h6-8,10,17H,9H2,1-5H3. The Balaban J connectivity index is 2.08. The predicted octanol–water partition coefficient (Wildman–Crippen LogP) is 3.16. The van der Waals surface area contributed by atoms with Crippen molar-refractivity contribution in [3.8, 4) is 11.5 Å². The van der Waals surface area contributed by atoms with Crippen LogP contribution in [0.15, 0.2) is 22.7 Å². The van der Waals surface area contributed by atoms with Crippen LogP contribution in [0.25, 0.3) is 0 Å². The molecule has 0 saturated carbocycles. The van der Waals surface area contributed by atoms with Crippen LogP contribution in [0.3, 0.4) is 0 Å². The molecule has 21 heavy (non-hydrogen) atoms. The summed E-state index contributed by atoms with van der Waals surface area (Å²) in [6, 6.07) is 6.12. The lowest BCUT2D eigenvalue weighted by atomic mass is 10.1. The first-order valence-corrected chi connectivity index (χ1v) is 6.93. The lowest BCUT2D eigenvalue weighted by Crippen LogP contribution is -2.18. The van der Waals surface area contributed by atoms with Crippen LogP contribution in [0.4, 0.5) is 0 Å². The Kier molecular flexibility index (Phi) is 4.85. The first-order valence-electron chi connectivity index (χ1n) is 6.93. The van der Waals surface area contributed by atoms with E-state index < -0.39 is 0 Å². The van der Waals surface area contributed by atoms with Gasteiger partial charge in [0.25, 0.3) is 0 Å². The molecular weight excluding hydrogens is 268 g/mol. The van der Waals surface area contributed by atoms with E-state index in [2.05, 4.69) is 17.4 Å². The van der Waals surface area contributed by atoms with Crippen molar-refractivity contribution in [2.24, 2.45) is 0 Å². The minimum atomic E-state index is 0.179. The molecule has 0 radical (unpaired) electrons. The fourth-order valence-electron chi connectivity index (χ4n) is 2.25. The molecule has 5 heteroatoms. The number of hydrogen-bond acceptors (Lipinski definition) is 5. The average molecular weight is 290 g/mol. The smallest absolute Gasteiger partial charge is 0.161 e. The molecular formula is C16H22N2O3. The van der Waals surface area contributed by atoms with Crippen molar-refractivity contribution < 1.29 is 14.0 Å². The summed E-state index contributed by atoms with van der Waals surface area (Å²) in [5.41, 5.74) is 3.18. The van der Waals surface area contributed by atoms with E-state index in [9.17, 15) is 0 Å². The van der Waals surface area contributed by atoms with Crippen LogP contribution in [0.5, 0.6) is 11.5 Å². The van der Waals surface area contributed by atoms with Crippen molar-refractivity contribution in [2.75, 3.05) is 14.2 Å². The second-order valence-electron chi connectivity index (χ2n) is 5.02. The number of nitrogens with one attached hydrogen (secondary N) is 1. The van der Waals surface area contributed by atoms with Gasteiger partial charge in [-0.15, -0.1) is 0 Å². The minimum absolute atomic E-state index is 0.179. The van der Waals surface area contributed by atoms with Gasteiger partial charge in [0.1, 0.15) is 5.76 Å². The van der Waals surface area contributed by atoms with Crippen LogP contribution in [-0.2, 0) is 6.54 Å². The summed E-state index contributed by atoms with van der Waals surface area (Å²) in [4.78, 5) is 0. The van der Waals surface area contributed by atoms with Crippen molar-refractivity contribution in [1.29, 1.82) is 0 Å². The third-order valence-corrected chi connectivity index (χ3v) is 3.67. The number of hydrogen-bond donors (Lipinski definition) is 1. The van der Waals surface area contributed by atoms with E-state index in [0.29, 0.717) is 0 Å². The molecule has 1 unspecified atom stereocenters. The monoisotopic (exact) mass is 290 g/mol. The molecule has 5 nitrogen and oxygen atoms in total. The van der Waals surface area contributed by atoms with Gasteiger partial charge < -0.3 is 19.3 Å². The zero-order valence-corrected chi connectivity index (χ0v) is 13.2. The fraction of sp³-hybridized carbons (Fsp3) is 0.438. The lowest BCUT2D eigenvalue weighted by Gasteiger charge is -2.16. The van der Waals surface area contributed by atoms with E-state index in [-0.39, 0.29) is 6.04 Å². The van der Waals surface area contributed by atoms with Gasteiger partial charge in [0.15, 0.2) is 11.5 Å². The fourth-order valence-corrected chi connectivity index (χ4v) is 2.25. The van der Waals surface area contributed by atoms with E-state index in [0.717, 1.165) is 40.6 Å². The molecule has 0 bridgehead atoms. The van der Waals surface area contributed by atoms with Gasteiger partial charge in [-0.2, -0.15) is 0 Å². The van der Waals surface area contributed by atoms with Crippen LogP contribution in [0.1, 0.15) is 35.5 Å². The third-order valence-electron chi connectivity index (χ3n) is 3.67. The molecule has 2 rings (SSSR count). The second-order valence-corrected chi connectivity index (χ2v) is 5.02. The SMILES string of the molecule is COc1ccc(C(C)NCc2c(C)noc2C)cc1OC. The zero-order chi connectivity index (χ0) is 15.4. The van der Waals surface area contributed by atoms with Crippen molar-refractivity contribution >= 4 is 0 Å².